The van der Waals surface area contributed by atoms with Gasteiger partial charge in [0.1, 0.15) is 0 Å². The van der Waals surface area contributed by atoms with Crippen LogP contribution >= 0.6 is 7.60 Å². The van der Waals surface area contributed by atoms with E-state index in [-0.39, 0.29) is 17.9 Å². The lowest BCUT2D eigenvalue weighted by atomic mass is 10.2. The fraction of sp³-hybridized carbons (Fsp3) is 1.00. The average molecular weight is 192 g/mol. The molecule has 2 atom stereocenters. The van der Waals surface area contributed by atoms with Gasteiger partial charge in [-0.3, -0.25) is 4.57 Å². The van der Waals surface area contributed by atoms with Crippen molar-refractivity contribution < 1.29 is 13.6 Å². The molecule has 12 heavy (non-hydrogen) atoms. The highest BCUT2D eigenvalue weighted by Gasteiger charge is 2.37. The summed E-state index contributed by atoms with van der Waals surface area (Å²) >= 11 is 0. The Labute approximate surface area is 74.0 Å². The largest absolute Gasteiger partial charge is 0.333 e. The zero-order chi connectivity index (χ0) is 9.35. The maximum Gasteiger partial charge on any atom is 0.333 e. The van der Waals surface area contributed by atoms with Crippen LogP contribution in [0.25, 0.3) is 0 Å². The molecule has 0 bridgehead atoms. The predicted octanol–water partition coefficient (Wildman–Crippen LogP) is 2.80. The van der Waals surface area contributed by atoms with Gasteiger partial charge in [0.25, 0.3) is 0 Å². The lowest BCUT2D eigenvalue weighted by Crippen LogP contribution is -2.26. The van der Waals surface area contributed by atoms with E-state index in [2.05, 4.69) is 0 Å². The SMILES string of the molecule is CC1CC(C)OP(=O)(C(C)C)O1. The zero-order valence-electron chi connectivity index (χ0n) is 8.11. The number of hydrogen-bond acceptors (Lipinski definition) is 3. The molecular weight excluding hydrogens is 175 g/mol. The summed E-state index contributed by atoms with van der Waals surface area (Å²) in [6, 6.07) is 0. The Morgan fingerprint density at radius 2 is 1.67 bits per heavy atom. The molecule has 3 nitrogen and oxygen atoms in total. The molecule has 0 amide bonds. The van der Waals surface area contributed by atoms with Crippen molar-refractivity contribution in [2.75, 3.05) is 0 Å². The van der Waals surface area contributed by atoms with Crippen LogP contribution in [-0.2, 0) is 13.6 Å². The lowest BCUT2D eigenvalue weighted by Gasteiger charge is -2.33. The highest BCUT2D eigenvalue weighted by molar-refractivity contribution is 7.54. The molecule has 0 aliphatic carbocycles. The molecule has 0 saturated carbocycles. The van der Waals surface area contributed by atoms with E-state index in [1.807, 2.05) is 27.7 Å². The summed E-state index contributed by atoms with van der Waals surface area (Å²) in [5.41, 5.74) is -0.0392. The Hall–Kier alpha value is 0.150. The minimum atomic E-state index is -2.80. The molecule has 1 saturated heterocycles. The monoisotopic (exact) mass is 192 g/mol. The molecule has 1 aliphatic heterocycles. The van der Waals surface area contributed by atoms with Crippen LogP contribution in [0.4, 0.5) is 0 Å². The quantitative estimate of drug-likeness (QED) is 0.599. The van der Waals surface area contributed by atoms with Crippen molar-refractivity contribution in [2.24, 2.45) is 0 Å². The summed E-state index contributed by atoms with van der Waals surface area (Å²) in [6.07, 6.45) is 0.945. The third-order valence-corrected chi connectivity index (χ3v) is 4.52. The number of rotatable bonds is 1. The molecule has 4 heteroatoms. The zero-order valence-corrected chi connectivity index (χ0v) is 9.01. The standard InChI is InChI=1S/C8H17O3P/c1-6(2)12(9)10-7(3)5-8(4)11-12/h6-8H,5H2,1-4H3. The van der Waals surface area contributed by atoms with E-state index in [4.69, 9.17) is 9.05 Å². The van der Waals surface area contributed by atoms with Crippen molar-refractivity contribution in [2.45, 2.75) is 52.0 Å². The topological polar surface area (TPSA) is 35.5 Å². The molecule has 1 aliphatic rings. The van der Waals surface area contributed by atoms with Crippen molar-refractivity contribution in [3.8, 4) is 0 Å². The molecule has 1 fully saturated rings. The summed E-state index contributed by atoms with van der Waals surface area (Å²) in [7, 11) is -2.80. The first kappa shape index (κ1) is 10.2. The first-order valence-electron chi connectivity index (χ1n) is 4.40. The van der Waals surface area contributed by atoms with E-state index in [0.717, 1.165) is 6.42 Å². The van der Waals surface area contributed by atoms with E-state index in [0.29, 0.717) is 0 Å². The molecular formula is C8H17O3P. The molecule has 0 aromatic rings. The van der Waals surface area contributed by atoms with Crippen LogP contribution in [0.15, 0.2) is 0 Å². The molecule has 0 aromatic heterocycles. The van der Waals surface area contributed by atoms with Gasteiger partial charge in [0, 0.05) is 6.42 Å². The van der Waals surface area contributed by atoms with E-state index in [1.54, 1.807) is 0 Å². The van der Waals surface area contributed by atoms with Crippen molar-refractivity contribution in [1.82, 2.24) is 0 Å². The van der Waals surface area contributed by atoms with Gasteiger partial charge < -0.3 is 9.05 Å². The van der Waals surface area contributed by atoms with Crippen LogP contribution in [0.1, 0.15) is 34.1 Å². The molecule has 0 N–H and O–H groups in total. The fourth-order valence-electron chi connectivity index (χ4n) is 1.32. The molecule has 0 aromatic carbocycles. The summed E-state index contributed by atoms with van der Waals surface area (Å²) < 4.78 is 22.6. The second-order valence-electron chi connectivity index (χ2n) is 3.70. The predicted molar refractivity (Wildman–Crippen MR) is 48.5 cm³/mol. The smallest absolute Gasteiger partial charge is 0.305 e. The van der Waals surface area contributed by atoms with Gasteiger partial charge in [-0.1, -0.05) is 13.8 Å². The van der Waals surface area contributed by atoms with Crippen LogP contribution in [0.2, 0.25) is 0 Å². The summed E-state index contributed by atoms with van der Waals surface area (Å²) in [5, 5.41) is 0. The van der Waals surface area contributed by atoms with Crippen LogP contribution in [0.3, 0.4) is 0 Å². The first-order valence-corrected chi connectivity index (χ1v) is 6.02. The molecule has 0 radical (unpaired) electrons. The van der Waals surface area contributed by atoms with Crippen LogP contribution in [0.5, 0.6) is 0 Å². The van der Waals surface area contributed by atoms with E-state index in [1.165, 1.54) is 0 Å². The maximum atomic E-state index is 11.9. The van der Waals surface area contributed by atoms with E-state index < -0.39 is 7.60 Å². The molecule has 1 heterocycles. The van der Waals surface area contributed by atoms with Gasteiger partial charge in [-0.25, -0.2) is 0 Å². The van der Waals surface area contributed by atoms with Crippen molar-refractivity contribution >= 4 is 7.60 Å². The fourth-order valence-corrected chi connectivity index (χ4v) is 3.04. The molecule has 0 spiro atoms. The Morgan fingerprint density at radius 3 is 2.00 bits per heavy atom. The summed E-state index contributed by atoms with van der Waals surface area (Å²) in [5.74, 6) is 0. The summed E-state index contributed by atoms with van der Waals surface area (Å²) in [6.45, 7) is 7.61. The van der Waals surface area contributed by atoms with Gasteiger partial charge in [0.05, 0.1) is 17.9 Å². The van der Waals surface area contributed by atoms with Crippen LogP contribution in [-0.4, -0.2) is 17.9 Å². The third kappa shape index (κ3) is 2.09. The van der Waals surface area contributed by atoms with E-state index in [9.17, 15) is 4.57 Å². The van der Waals surface area contributed by atoms with Gasteiger partial charge in [-0.2, -0.15) is 0 Å². The highest BCUT2D eigenvalue weighted by atomic mass is 31.2. The Bertz CT molecular complexity index is 188. The second kappa shape index (κ2) is 3.49. The maximum absolute atomic E-state index is 11.9. The van der Waals surface area contributed by atoms with Gasteiger partial charge in [-0.05, 0) is 13.8 Å². The van der Waals surface area contributed by atoms with Crippen LogP contribution in [0, 0.1) is 0 Å². The third-order valence-electron chi connectivity index (χ3n) is 1.95. The first-order chi connectivity index (χ1) is 5.44. The Morgan fingerprint density at radius 1 is 1.25 bits per heavy atom. The Balaban J connectivity index is 2.72. The van der Waals surface area contributed by atoms with Crippen molar-refractivity contribution in [3.63, 3.8) is 0 Å². The van der Waals surface area contributed by atoms with Crippen LogP contribution < -0.4 is 0 Å². The van der Waals surface area contributed by atoms with Gasteiger partial charge in [0.2, 0.25) is 0 Å². The number of hydrogen-bond donors (Lipinski definition) is 0. The molecule has 72 valence electrons. The molecule has 2 unspecified atom stereocenters. The highest BCUT2D eigenvalue weighted by Crippen LogP contribution is 2.57. The minimum Gasteiger partial charge on any atom is -0.305 e. The normalized spacial score (nSPS) is 43.4. The van der Waals surface area contributed by atoms with Gasteiger partial charge in [-0.15, -0.1) is 0 Å². The second-order valence-corrected chi connectivity index (χ2v) is 6.24. The Kier molecular flexibility index (Phi) is 2.97. The summed E-state index contributed by atoms with van der Waals surface area (Å²) in [4.78, 5) is 0. The molecule has 1 rings (SSSR count). The van der Waals surface area contributed by atoms with E-state index >= 15 is 0 Å². The average Bonchev–Trinajstić information content (AvgIpc) is 1.82. The van der Waals surface area contributed by atoms with Crippen molar-refractivity contribution in [3.05, 3.63) is 0 Å². The van der Waals surface area contributed by atoms with Crippen molar-refractivity contribution in [1.29, 1.82) is 0 Å². The van der Waals surface area contributed by atoms with Gasteiger partial charge >= 0.3 is 7.60 Å². The lowest BCUT2D eigenvalue weighted by molar-refractivity contribution is 0.0457. The minimum absolute atomic E-state index is 0.0392. The van der Waals surface area contributed by atoms with Gasteiger partial charge in [0.15, 0.2) is 0 Å².